The van der Waals surface area contributed by atoms with Crippen LogP contribution in [0.3, 0.4) is 0 Å². The largest absolute Gasteiger partial charge is 0.355 e. The molecule has 5 heteroatoms. The van der Waals surface area contributed by atoms with Gasteiger partial charge in [-0.05, 0) is 48.7 Å². The van der Waals surface area contributed by atoms with E-state index in [4.69, 9.17) is 0 Å². The molecule has 24 heavy (non-hydrogen) atoms. The van der Waals surface area contributed by atoms with E-state index in [0.29, 0.717) is 17.7 Å². The molecule has 0 bridgehead atoms. The Bertz CT molecular complexity index is 754. The van der Waals surface area contributed by atoms with Crippen LogP contribution in [-0.2, 0) is 6.54 Å². The average molecular weight is 326 g/mol. The van der Waals surface area contributed by atoms with Crippen molar-refractivity contribution in [3.8, 4) is 0 Å². The summed E-state index contributed by atoms with van der Waals surface area (Å²) in [6.07, 6.45) is 1.94. The Morgan fingerprint density at radius 3 is 2.42 bits per heavy atom. The SMILES string of the molecule is CNC(=O)c1ccc(CN(C(=O)c2cccc(F)c2)C2CC2)cc1. The topological polar surface area (TPSA) is 49.4 Å². The summed E-state index contributed by atoms with van der Waals surface area (Å²) in [7, 11) is 1.59. The summed E-state index contributed by atoms with van der Waals surface area (Å²) >= 11 is 0. The summed E-state index contributed by atoms with van der Waals surface area (Å²) in [6.45, 7) is 0.452. The minimum Gasteiger partial charge on any atom is -0.355 e. The van der Waals surface area contributed by atoms with Crippen LogP contribution in [0.25, 0.3) is 0 Å². The quantitative estimate of drug-likeness (QED) is 0.918. The van der Waals surface area contributed by atoms with Crippen molar-refractivity contribution in [1.82, 2.24) is 10.2 Å². The van der Waals surface area contributed by atoms with Gasteiger partial charge in [-0.15, -0.1) is 0 Å². The highest BCUT2D eigenvalue weighted by atomic mass is 19.1. The van der Waals surface area contributed by atoms with Crippen molar-refractivity contribution < 1.29 is 14.0 Å². The number of halogens is 1. The molecule has 4 nitrogen and oxygen atoms in total. The molecule has 1 fully saturated rings. The van der Waals surface area contributed by atoms with Gasteiger partial charge in [0.1, 0.15) is 5.82 Å². The van der Waals surface area contributed by atoms with Crippen LogP contribution in [0.5, 0.6) is 0 Å². The van der Waals surface area contributed by atoms with E-state index in [0.717, 1.165) is 18.4 Å². The molecule has 0 unspecified atom stereocenters. The van der Waals surface area contributed by atoms with E-state index in [2.05, 4.69) is 5.32 Å². The molecule has 0 radical (unpaired) electrons. The van der Waals surface area contributed by atoms with Crippen LogP contribution in [0.2, 0.25) is 0 Å². The molecule has 124 valence electrons. The number of carbonyl (C=O) groups is 2. The zero-order valence-electron chi connectivity index (χ0n) is 13.5. The second-order valence-electron chi connectivity index (χ2n) is 5.95. The van der Waals surface area contributed by atoms with Gasteiger partial charge in [0, 0.05) is 30.8 Å². The number of nitrogens with zero attached hydrogens (tertiary/aromatic N) is 1. The third-order valence-corrected chi connectivity index (χ3v) is 4.12. The molecule has 1 N–H and O–H groups in total. The van der Waals surface area contributed by atoms with Crippen molar-refractivity contribution in [2.75, 3.05) is 7.05 Å². The van der Waals surface area contributed by atoms with E-state index in [9.17, 15) is 14.0 Å². The fraction of sp³-hybridized carbons (Fsp3) is 0.263. The van der Waals surface area contributed by atoms with Crippen molar-refractivity contribution in [2.24, 2.45) is 0 Å². The summed E-state index contributed by atoms with van der Waals surface area (Å²) in [5.74, 6) is -0.713. The lowest BCUT2D eigenvalue weighted by molar-refractivity contribution is 0.0729. The molecule has 1 aliphatic rings. The van der Waals surface area contributed by atoms with Gasteiger partial charge in [0.2, 0.25) is 0 Å². The fourth-order valence-electron chi connectivity index (χ4n) is 2.64. The molecule has 3 rings (SSSR count). The normalized spacial score (nSPS) is 13.4. The van der Waals surface area contributed by atoms with E-state index in [-0.39, 0.29) is 17.9 Å². The standard InChI is InChI=1S/C19H19FN2O2/c1-21-18(23)14-7-5-13(6-8-14)12-22(17-9-10-17)19(24)15-3-2-4-16(20)11-15/h2-8,11,17H,9-10,12H2,1H3,(H,21,23). The Hall–Kier alpha value is -2.69. The second-order valence-corrected chi connectivity index (χ2v) is 5.95. The number of carbonyl (C=O) groups excluding carboxylic acids is 2. The highest BCUT2D eigenvalue weighted by Crippen LogP contribution is 2.30. The van der Waals surface area contributed by atoms with Gasteiger partial charge in [-0.3, -0.25) is 9.59 Å². The first kappa shape index (κ1) is 16.2. The van der Waals surface area contributed by atoms with Gasteiger partial charge in [-0.25, -0.2) is 4.39 Å². The fourth-order valence-corrected chi connectivity index (χ4v) is 2.64. The highest BCUT2D eigenvalue weighted by Gasteiger charge is 2.33. The number of nitrogens with one attached hydrogen (secondary N) is 1. The summed E-state index contributed by atoms with van der Waals surface area (Å²) in [5.41, 5.74) is 1.89. The Labute approximate surface area is 140 Å². The zero-order valence-corrected chi connectivity index (χ0v) is 13.5. The van der Waals surface area contributed by atoms with Crippen LogP contribution >= 0.6 is 0 Å². The van der Waals surface area contributed by atoms with Crippen LogP contribution in [-0.4, -0.2) is 29.8 Å². The number of rotatable bonds is 5. The summed E-state index contributed by atoms with van der Waals surface area (Å²) < 4.78 is 13.4. The van der Waals surface area contributed by atoms with Gasteiger partial charge in [0.25, 0.3) is 11.8 Å². The van der Waals surface area contributed by atoms with Gasteiger partial charge < -0.3 is 10.2 Å². The molecule has 0 aliphatic heterocycles. The minimum atomic E-state index is -0.411. The summed E-state index contributed by atoms with van der Waals surface area (Å²) in [5, 5.41) is 2.58. The number of hydrogen-bond acceptors (Lipinski definition) is 2. The molecule has 1 saturated carbocycles. The van der Waals surface area contributed by atoms with Crippen LogP contribution in [0, 0.1) is 5.82 Å². The maximum atomic E-state index is 13.4. The highest BCUT2D eigenvalue weighted by molar-refractivity contribution is 5.95. The first-order valence-corrected chi connectivity index (χ1v) is 7.96. The van der Waals surface area contributed by atoms with Gasteiger partial charge in [-0.2, -0.15) is 0 Å². The van der Waals surface area contributed by atoms with Crippen molar-refractivity contribution in [3.63, 3.8) is 0 Å². The third kappa shape index (κ3) is 3.62. The Balaban J connectivity index is 1.77. The van der Waals surface area contributed by atoms with E-state index in [1.807, 2.05) is 12.1 Å². The Kier molecular flexibility index (Phi) is 4.60. The maximum Gasteiger partial charge on any atom is 0.254 e. The molecule has 0 aromatic heterocycles. The lowest BCUT2D eigenvalue weighted by atomic mass is 10.1. The predicted molar refractivity (Wildman–Crippen MR) is 89.1 cm³/mol. The minimum absolute atomic E-state index is 0.142. The van der Waals surface area contributed by atoms with Crippen molar-refractivity contribution in [2.45, 2.75) is 25.4 Å². The van der Waals surface area contributed by atoms with Gasteiger partial charge >= 0.3 is 0 Å². The lowest BCUT2D eigenvalue weighted by Gasteiger charge is -2.23. The van der Waals surface area contributed by atoms with Crippen molar-refractivity contribution in [1.29, 1.82) is 0 Å². The van der Waals surface area contributed by atoms with E-state index in [1.54, 1.807) is 36.2 Å². The number of hydrogen-bond donors (Lipinski definition) is 1. The summed E-state index contributed by atoms with van der Waals surface area (Å²) in [4.78, 5) is 26.1. The monoisotopic (exact) mass is 326 g/mol. The molecule has 0 saturated heterocycles. The number of benzene rings is 2. The Morgan fingerprint density at radius 2 is 1.83 bits per heavy atom. The molecule has 0 heterocycles. The predicted octanol–water partition coefficient (Wildman–Crippen LogP) is 2.99. The molecule has 2 aromatic carbocycles. The van der Waals surface area contributed by atoms with E-state index >= 15 is 0 Å². The molecule has 1 aliphatic carbocycles. The van der Waals surface area contributed by atoms with Gasteiger partial charge in [-0.1, -0.05) is 18.2 Å². The van der Waals surface area contributed by atoms with Crippen LogP contribution in [0.4, 0.5) is 4.39 Å². The average Bonchev–Trinajstić information content (AvgIpc) is 3.44. The second kappa shape index (κ2) is 6.83. The molecule has 0 spiro atoms. The van der Waals surface area contributed by atoms with Gasteiger partial charge in [0.05, 0.1) is 0 Å². The molecule has 2 aromatic rings. The molecular formula is C19H19FN2O2. The zero-order chi connectivity index (χ0) is 17.1. The summed E-state index contributed by atoms with van der Waals surface area (Å²) in [6, 6.07) is 13.2. The first-order chi connectivity index (χ1) is 11.6. The number of amides is 2. The Morgan fingerprint density at radius 1 is 1.12 bits per heavy atom. The lowest BCUT2D eigenvalue weighted by Crippen LogP contribution is -2.32. The molecule has 0 atom stereocenters. The van der Waals surface area contributed by atoms with Crippen LogP contribution in [0.1, 0.15) is 39.1 Å². The maximum absolute atomic E-state index is 13.4. The first-order valence-electron chi connectivity index (χ1n) is 7.96. The van der Waals surface area contributed by atoms with Crippen LogP contribution in [0.15, 0.2) is 48.5 Å². The smallest absolute Gasteiger partial charge is 0.254 e. The van der Waals surface area contributed by atoms with Crippen LogP contribution < -0.4 is 5.32 Å². The van der Waals surface area contributed by atoms with E-state index in [1.165, 1.54) is 12.1 Å². The van der Waals surface area contributed by atoms with E-state index < -0.39 is 5.82 Å². The molecular weight excluding hydrogens is 307 g/mol. The van der Waals surface area contributed by atoms with Crippen molar-refractivity contribution in [3.05, 3.63) is 71.0 Å². The third-order valence-electron chi connectivity index (χ3n) is 4.12. The molecule has 2 amide bonds. The van der Waals surface area contributed by atoms with Crippen molar-refractivity contribution >= 4 is 11.8 Å². The van der Waals surface area contributed by atoms with Gasteiger partial charge in [0.15, 0.2) is 0 Å².